The SMILES string of the molecule is CC(C)(C)c1ccc(C(=O)N[C@@H]2C[C@@H]3CC[C@]2(C)C3(C)C)cc1. The van der Waals surface area contributed by atoms with Gasteiger partial charge in [-0.3, -0.25) is 4.79 Å². The summed E-state index contributed by atoms with van der Waals surface area (Å²) in [5.41, 5.74) is 2.74. The predicted molar refractivity (Wildman–Crippen MR) is 95.6 cm³/mol. The topological polar surface area (TPSA) is 29.1 Å². The first-order chi connectivity index (χ1) is 10.6. The standard InChI is InChI=1S/C21H31NO/c1-19(2,3)15-9-7-14(8-10-15)18(23)22-17-13-16-11-12-21(17,6)20(16,4)5/h7-10,16-17H,11-13H2,1-6H3,(H,22,23)/t16-,17+,21-/m0/s1. The van der Waals surface area contributed by atoms with Crippen molar-refractivity contribution in [1.82, 2.24) is 5.32 Å². The van der Waals surface area contributed by atoms with Crippen LogP contribution in [0, 0.1) is 16.7 Å². The van der Waals surface area contributed by atoms with Crippen molar-refractivity contribution in [2.24, 2.45) is 16.7 Å². The number of carbonyl (C=O) groups is 1. The summed E-state index contributed by atoms with van der Waals surface area (Å²) >= 11 is 0. The molecule has 2 nitrogen and oxygen atoms in total. The molecule has 0 aromatic heterocycles. The molecule has 3 rings (SSSR count). The highest BCUT2D eigenvalue weighted by Gasteiger charge is 2.61. The van der Waals surface area contributed by atoms with E-state index in [1.165, 1.54) is 18.4 Å². The highest BCUT2D eigenvalue weighted by atomic mass is 16.1. The van der Waals surface area contributed by atoms with Crippen LogP contribution < -0.4 is 5.32 Å². The van der Waals surface area contributed by atoms with Gasteiger partial charge >= 0.3 is 0 Å². The molecule has 0 aliphatic heterocycles. The number of benzene rings is 1. The van der Waals surface area contributed by atoms with Crippen LogP contribution in [0.4, 0.5) is 0 Å². The molecule has 2 aliphatic rings. The number of amides is 1. The zero-order chi connectivity index (χ0) is 17.0. The van der Waals surface area contributed by atoms with Crippen molar-refractivity contribution < 1.29 is 4.79 Å². The second-order valence-electron chi connectivity index (χ2n) is 9.46. The minimum absolute atomic E-state index is 0.0834. The third-order valence-electron chi connectivity index (χ3n) is 7.11. The van der Waals surface area contributed by atoms with Gasteiger partial charge in [-0.2, -0.15) is 0 Å². The highest BCUT2D eigenvalue weighted by Crippen LogP contribution is 2.65. The summed E-state index contributed by atoms with van der Waals surface area (Å²) in [6, 6.07) is 8.42. The lowest BCUT2D eigenvalue weighted by Gasteiger charge is -2.39. The predicted octanol–water partition coefficient (Wildman–Crippen LogP) is 4.93. The smallest absolute Gasteiger partial charge is 0.251 e. The number of hydrogen-bond donors (Lipinski definition) is 1. The Bertz CT molecular complexity index is 608. The van der Waals surface area contributed by atoms with Crippen LogP contribution in [0.5, 0.6) is 0 Å². The van der Waals surface area contributed by atoms with Crippen molar-refractivity contribution in [2.75, 3.05) is 0 Å². The van der Waals surface area contributed by atoms with E-state index in [-0.39, 0.29) is 16.7 Å². The first-order valence-corrected chi connectivity index (χ1v) is 8.97. The van der Waals surface area contributed by atoms with Crippen LogP contribution in [0.1, 0.15) is 76.7 Å². The maximum atomic E-state index is 12.7. The van der Waals surface area contributed by atoms with E-state index in [9.17, 15) is 4.79 Å². The molecule has 2 aliphatic carbocycles. The zero-order valence-corrected chi connectivity index (χ0v) is 15.5. The molecule has 0 spiro atoms. The van der Waals surface area contributed by atoms with E-state index >= 15 is 0 Å². The Kier molecular flexibility index (Phi) is 3.66. The summed E-state index contributed by atoms with van der Waals surface area (Å²) in [7, 11) is 0. The molecule has 0 saturated heterocycles. The number of hydrogen-bond acceptors (Lipinski definition) is 1. The Morgan fingerprint density at radius 3 is 2.17 bits per heavy atom. The van der Waals surface area contributed by atoms with Crippen molar-refractivity contribution in [3.05, 3.63) is 35.4 Å². The highest BCUT2D eigenvalue weighted by molar-refractivity contribution is 5.94. The van der Waals surface area contributed by atoms with E-state index < -0.39 is 0 Å². The summed E-state index contributed by atoms with van der Waals surface area (Å²) in [6.45, 7) is 13.7. The Hall–Kier alpha value is -1.31. The molecule has 0 heterocycles. The second kappa shape index (κ2) is 5.09. The maximum Gasteiger partial charge on any atom is 0.251 e. The number of nitrogens with one attached hydrogen (secondary N) is 1. The number of carbonyl (C=O) groups excluding carboxylic acids is 1. The van der Waals surface area contributed by atoms with Gasteiger partial charge in [-0.05, 0) is 59.1 Å². The lowest BCUT2D eigenvalue weighted by molar-refractivity contribution is 0.0826. The Balaban J connectivity index is 1.74. The molecule has 1 aromatic rings. The molecule has 1 amide bonds. The molecule has 23 heavy (non-hydrogen) atoms. The number of rotatable bonds is 2. The molecule has 1 N–H and O–H groups in total. The van der Waals surface area contributed by atoms with Gasteiger partial charge in [0, 0.05) is 11.6 Å². The molecule has 0 unspecified atom stereocenters. The normalized spacial score (nSPS) is 32.1. The van der Waals surface area contributed by atoms with Crippen LogP contribution >= 0.6 is 0 Å². The monoisotopic (exact) mass is 313 g/mol. The quantitative estimate of drug-likeness (QED) is 0.824. The molecular weight excluding hydrogens is 282 g/mol. The van der Waals surface area contributed by atoms with E-state index in [2.05, 4.69) is 59.0 Å². The van der Waals surface area contributed by atoms with Crippen LogP contribution in [0.25, 0.3) is 0 Å². The maximum absolute atomic E-state index is 12.7. The van der Waals surface area contributed by atoms with Gasteiger partial charge in [0.15, 0.2) is 0 Å². The summed E-state index contributed by atoms with van der Waals surface area (Å²) < 4.78 is 0. The van der Waals surface area contributed by atoms with E-state index in [0.29, 0.717) is 11.5 Å². The van der Waals surface area contributed by atoms with Crippen LogP contribution in [0.15, 0.2) is 24.3 Å². The van der Waals surface area contributed by atoms with Crippen LogP contribution in [0.2, 0.25) is 0 Å². The van der Waals surface area contributed by atoms with Crippen LogP contribution in [-0.4, -0.2) is 11.9 Å². The van der Waals surface area contributed by atoms with Gasteiger partial charge in [0.25, 0.3) is 5.91 Å². The van der Waals surface area contributed by atoms with Crippen LogP contribution in [-0.2, 0) is 5.41 Å². The molecule has 2 saturated carbocycles. The molecular formula is C21H31NO. The molecule has 126 valence electrons. The van der Waals surface area contributed by atoms with Gasteiger partial charge in [0.05, 0.1) is 0 Å². The van der Waals surface area contributed by atoms with Gasteiger partial charge in [0.2, 0.25) is 0 Å². The third-order valence-corrected chi connectivity index (χ3v) is 7.11. The van der Waals surface area contributed by atoms with Crippen molar-refractivity contribution in [3.8, 4) is 0 Å². The fourth-order valence-corrected chi connectivity index (χ4v) is 4.79. The molecule has 1 aromatic carbocycles. The minimum Gasteiger partial charge on any atom is -0.349 e. The first-order valence-electron chi connectivity index (χ1n) is 8.97. The summed E-state index contributed by atoms with van der Waals surface area (Å²) in [6.07, 6.45) is 3.68. The zero-order valence-electron chi connectivity index (χ0n) is 15.5. The third kappa shape index (κ3) is 2.51. The largest absolute Gasteiger partial charge is 0.349 e. The number of fused-ring (bicyclic) bond motifs is 2. The Morgan fingerprint density at radius 2 is 1.74 bits per heavy atom. The first kappa shape index (κ1) is 16.5. The summed E-state index contributed by atoms with van der Waals surface area (Å²) in [5.74, 6) is 0.834. The van der Waals surface area contributed by atoms with Crippen molar-refractivity contribution in [1.29, 1.82) is 0 Å². The minimum atomic E-state index is 0.0834. The molecule has 3 atom stereocenters. The lowest BCUT2D eigenvalue weighted by atomic mass is 9.69. The van der Waals surface area contributed by atoms with Gasteiger partial charge in [0.1, 0.15) is 0 Å². The van der Waals surface area contributed by atoms with Crippen molar-refractivity contribution >= 4 is 5.91 Å². The fraction of sp³-hybridized carbons (Fsp3) is 0.667. The summed E-state index contributed by atoms with van der Waals surface area (Å²) in [5, 5.41) is 3.34. The fourth-order valence-electron chi connectivity index (χ4n) is 4.79. The average Bonchev–Trinajstić information content (AvgIpc) is 2.80. The van der Waals surface area contributed by atoms with Gasteiger partial charge < -0.3 is 5.32 Å². The average molecular weight is 313 g/mol. The van der Waals surface area contributed by atoms with Crippen LogP contribution in [0.3, 0.4) is 0 Å². The van der Waals surface area contributed by atoms with Crippen molar-refractivity contribution in [3.63, 3.8) is 0 Å². The van der Waals surface area contributed by atoms with E-state index in [1.807, 2.05) is 12.1 Å². The molecule has 2 bridgehead atoms. The Labute approximate surface area is 141 Å². The summed E-state index contributed by atoms with van der Waals surface area (Å²) in [4.78, 5) is 12.7. The lowest BCUT2D eigenvalue weighted by Crippen LogP contribution is -2.46. The van der Waals surface area contributed by atoms with Gasteiger partial charge in [-0.25, -0.2) is 0 Å². The second-order valence-corrected chi connectivity index (χ2v) is 9.46. The van der Waals surface area contributed by atoms with E-state index in [0.717, 1.165) is 17.9 Å². The van der Waals surface area contributed by atoms with Gasteiger partial charge in [-0.15, -0.1) is 0 Å². The van der Waals surface area contributed by atoms with E-state index in [1.54, 1.807) is 0 Å². The molecule has 2 fully saturated rings. The van der Waals surface area contributed by atoms with Gasteiger partial charge in [-0.1, -0.05) is 53.7 Å². The van der Waals surface area contributed by atoms with E-state index in [4.69, 9.17) is 0 Å². The molecule has 0 radical (unpaired) electrons. The molecule has 2 heteroatoms. The van der Waals surface area contributed by atoms with Crippen molar-refractivity contribution in [2.45, 2.75) is 72.3 Å². The Morgan fingerprint density at radius 1 is 1.13 bits per heavy atom.